The van der Waals surface area contributed by atoms with Crippen molar-refractivity contribution in [2.75, 3.05) is 20.2 Å². The lowest BCUT2D eigenvalue weighted by molar-refractivity contribution is 0.406. The lowest BCUT2D eigenvalue weighted by atomic mass is 10.0. The first kappa shape index (κ1) is 14.4. The number of hydrogen-bond donors (Lipinski definition) is 1. The minimum atomic E-state index is 0.903. The van der Waals surface area contributed by atoms with Gasteiger partial charge in [0.25, 0.3) is 0 Å². The van der Waals surface area contributed by atoms with E-state index in [4.69, 9.17) is 4.74 Å². The molecule has 0 atom stereocenters. The fourth-order valence-corrected chi connectivity index (χ4v) is 3.01. The molecule has 1 aliphatic carbocycles. The topological polar surface area (TPSA) is 21.3 Å². The molecule has 0 aromatic heterocycles. The van der Waals surface area contributed by atoms with Gasteiger partial charge in [-0.05, 0) is 49.9 Å². The predicted octanol–water partition coefficient (Wildman–Crippen LogP) is 3.80. The van der Waals surface area contributed by atoms with Crippen LogP contribution in [0.1, 0.15) is 44.1 Å². The van der Waals surface area contributed by atoms with Crippen LogP contribution in [0.2, 0.25) is 0 Å². The lowest BCUT2D eigenvalue weighted by Gasteiger charge is -2.15. The highest BCUT2D eigenvalue weighted by atomic mass is 16.5. The van der Waals surface area contributed by atoms with Crippen molar-refractivity contribution in [2.24, 2.45) is 5.92 Å². The van der Waals surface area contributed by atoms with Crippen LogP contribution in [-0.2, 0) is 6.42 Å². The Hall–Kier alpha value is -1.02. The van der Waals surface area contributed by atoms with Crippen LogP contribution >= 0.6 is 0 Å². The van der Waals surface area contributed by atoms with Gasteiger partial charge in [-0.3, -0.25) is 0 Å². The zero-order valence-electron chi connectivity index (χ0n) is 12.2. The average molecular weight is 261 g/mol. The van der Waals surface area contributed by atoms with Crippen molar-refractivity contribution in [1.29, 1.82) is 0 Å². The first-order valence-corrected chi connectivity index (χ1v) is 7.73. The zero-order valence-corrected chi connectivity index (χ0v) is 12.2. The third kappa shape index (κ3) is 4.87. The molecule has 1 saturated carbocycles. The molecule has 1 aromatic carbocycles. The second kappa shape index (κ2) is 8.21. The summed E-state index contributed by atoms with van der Waals surface area (Å²) in [6, 6.07) is 8.32. The van der Waals surface area contributed by atoms with Crippen molar-refractivity contribution >= 4 is 0 Å². The van der Waals surface area contributed by atoms with E-state index >= 15 is 0 Å². The third-order valence-corrected chi connectivity index (χ3v) is 4.17. The smallest absolute Gasteiger partial charge is 0.122 e. The first-order valence-electron chi connectivity index (χ1n) is 7.73. The van der Waals surface area contributed by atoms with Crippen LogP contribution in [0.5, 0.6) is 5.75 Å². The zero-order chi connectivity index (χ0) is 13.3. The van der Waals surface area contributed by atoms with Crippen molar-refractivity contribution in [2.45, 2.75) is 44.9 Å². The molecule has 0 saturated heterocycles. The number of benzene rings is 1. The Kier molecular flexibility index (Phi) is 6.22. The molecule has 0 radical (unpaired) electrons. The monoisotopic (exact) mass is 261 g/mol. The molecule has 106 valence electrons. The molecule has 2 nitrogen and oxygen atoms in total. The Bertz CT molecular complexity index is 356. The molecule has 1 aliphatic rings. The van der Waals surface area contributed by atoms with E-state index in [0.717, 1.165) is 24.6 Å². The van der Waals surface area contributed by atoms with Crippen molar-refractivity contribution in [3.05, 3.63) is 29.8 Å². The van der Waals surface area contributed by atoms with Crippen LogP contribution in [0.15, 0.2) is 24.3 Å². The number of hydrogen-bond acceptors (Lipinski definition) is 2. The Balaban J connectivity index is 1.68. The van der Waals surface area contributed by atoms with Crippen molar-refractivity contribution in [3.63, 3.8) is 0 Å². The lowest BCUT2D eigenvalue weighted by Crippen LogP contribution is -2.24. The minimum absolute atomic E-state index is 0.903. The van der Waals surface area contributed by atoms with Gasteiger partial charge in [-0.15, -0.1) is 0 Å². The Morgan fingerprint density at radius 2 is 1.84 bits per heavy atom. The van der Waals surface area contributed by atoms with Gasteiger partial charge in [0.15, 0.2) is 0 Å². The second-order valence-electron chi connectivity index (χ2n) is 5.62. The van der Waals surface area contributed by atoms with Gasteiger partial charge in [-0.2, -0.15) is 0 Å². The summed E-state index contributed by atoms with van der Waals surface area (Å²) in [4.78, 5) is 0. The highest BCUT2D eigenvalue weighted by Gasteiger charge is 2.11. The van der Waals surface area contributed by atoms with E-state index in [0.29, 0.717) is 0 Å². The van der Waals surface area contributed by atoms with Crippen LogP contribution in [-0.4, -0.2) is 20.2 Å². The van der Waals surface area contributed by atoms with Crippen LogP contribution in [0.25, 0.3) is 0 Å². The first-order chi connectivity index (χ1) is 9.40. The summed E-state index contributed by atoms with van der Waals surface area (Å²) in [5, 5.41) is 3.63. The predicted molar refractivity (Wildman–Crippen MR) is 80.8 cm³/mol. The van der Waals surface area contributed by atoms with Crippen LogP contribution in [0.3, 0.4) is 0 Å². The Morgan fingerprint density at radius 1 is 1.11 bits per heavy atom. The Morgan fingerprint density at radius 3 is 2.58 bits per heavy atom. The number of rotatable bonds is 6. The van der Waals surface area contributed by atoms with Gasteiger partial charge in [-0.25, -0.2) is 0 Å². The van der Waals surface area contributed by atoms with Crippen LogP contribution in [0.4, 0.5) is 0 Å². The molecule has 1 aromatic rings. The van der Waals surface area contributed by atoms with Crippen molar-refractivity contribution in [1.82, 2.24) is 5.32 Å². The highest BCUT2D eigenvalue weighted by Crippen LogP contribution is 2.22. The second-order valence-corrected chi connectivity index (χ2v) is 5.62. The molecule has 1 fully saturated rings. The van der Waals surface area contributed by atoms with Crippen LogP contribution < -0.4 is 10.1 Å². The summed E-state index contributed by atoms with van der Waals surface area (Å²) < 4.78 is 5.38. The number of nitrogens with one attached hydrogen (secondary N) is 1. The van der Waals surface area contributed by atoms with Crippen LogP contribution in [0, 0.1) is 5.92 Å². The highest BCUT2D eigenvalue weighted by molar-refractivity contribution is 5.33. The van der Waals surface area contributed by atoms with E-state index in [1.54, 1.807) is 7.11 Å². The Labute approximate surface area is 117 Å². The van der Waals surface area contributed by atoms with E-state index in [9.17, 15) is 0 Å². The van der Waals surface area contributed by atoms with Crippen molar-refractivity contribution < 1.29 is 4.74 Å². The molecule has 0 unspecified atom stereocenters. The average Bonchev–Trinajstić information content (AvgIpc) is 2.72. The maximum absolute atomic E-state index is 5.38. The number of methoxy groups -OCH3 is 1. The minimum Gasteiger partial charge on any atom is -0.496 e. The van der Waals surface area contributed by atoms with Gasteiger partial charge >= 0.3 is 0 Å². The molecule has 19 heavy (non-hydrogen) atoms. The van der Waals surface area contributed by atoms with Gasteiger partial charge in [0, 0.05) is 0 Å². The number of ether oxygens (including phenoxy) is 1. The number of para-hydroxylation sites is 1. The molecule has 2 rings (SSSR count). The molecule has 0 spiro atoms. The summed E-state index contributed by atoms with van der Waals surface area (Å²) in [7, 11) is 1.75. The molecule has 0 bridgehead atoms. The van der Waals surface area contributed by atoms with E-state index in [-0.39, 0.29) is 0 Å². The van der Waals surface area contributed by atoms with Gasteiger partial charge in [0.1, 0.15) is 5.75 Å². The van der Waals surface area contributed by atoms with Gasteiger partial charge in [-0.1, -0.05) is 43.9 Å². The molecular weight excluding hydrogens is 234 g/mol. The SMILES string of the molecule is COc1ccccc1CCNCC1CCCCCC1. The fourth-order valence-electron chi connectivity index (χ4n) is 3.01. The summed E-state index contributed by atoms with van der Waals surface area (Å²) in [6.07, 6.45) is 9.63. The summed E-state index contributed by atoms with van der Waals surface area (Å²) >= 11 is 0. The van der Waals surface area contributed by atoms with E-state index < -0.39 is 0 Å². The molecule has 0 amide bonds. The van der Waals surface area contributed by atoms with E-state index in [1.807, 2.05) is 12.1 Å². The molecular formula is C17H27NO. The molecule has 1 N–H and O–H groups in total. The normalized spacial score (nSPS) is 17.1. The van der Waals surface area contributed by atoms with E-state index in [2.05, 4.69) is 17.4 Å². The summed E-state index contributed by atoms with van der Waals surface area (Å²) in [5.41, 5.74) is 1.30. The van der Waals surface area contributed by atoms with Gasteiger partial charge in [0.05, 0.1) is 7.11 Å². The van der Waals surface area contributed by atoms with E-state index in [1.165, 1.54) is 50.6 Å². The van der Waals surface area contributed by atoms with Gasteiger partial charge in [0.2, 0.25) is 0 Å². The molecule has 0 heterocycles. The summed E-state index contributed by atoms with van der Waals surface area (Å²) in [5.74, 6) is 1.92. The molecule has 2 heteroatoms. The largest absolute Gasteiger partial charge is 0.496 e. The quantitative estimate of drug-likeness (QED) is 0.621. The van der Waals surface area contributed by atoms with Crippen molar-refractivity contribution in [3.8, 4) is 5.75 Å². The molecule has 0 aliphatic heterocycles. The third-order valence-electron chi connectivity index (χ3n) is 4.17. The maximum Gasteiger partial charge on any atom is 0.122 e. The van der Waals surface area contributed by atoms with Gasteiger partial charge < -0.3 is 10.1 Å². The standard InChI is InChI=1S/C17H27NO/c1-19-17-11-7-6-10-16(17)12-13-18-14-15-8-4-2-3-5-9-15/h6-7,10-11,15,18H,2-5,8-9,12-14H2,1H3. The fraction of sp³-hybridized carbons (Fsp3) is 0.647. The summed E-state index contributed by atoms with van der Waals surface area (Å²) in [6.45, 7) is 2.24. The maximum atomic E-state index is 5.38.